The number of rotatable bonds is 2. The Bertz CT molecular complexity index is 722. The van der Waals surface area contributed by atoms with Gasteiger partial charge in [-0.05, 0) is 30.4 Å². The van der Waals surface area contributed by atoms with E-state index in [1.807, 2.05) is 6.07 Å². The van der Waals surface area contributed by atoms with E-state index < -0.39 is 17.8 Å². The summed E-state index contributed by atoms with van der Waals surface area (Å²) in [7, 11) is 0. The minimum absolute atomic E-state index is 0.165. The van der Waals surface area contributed by atoms with Gasteiger partial charge in [0.05, 0.1) is 39.0 Å². The topological polar surface area (TPSA) is 27.0 Å². The molecule has 0 fully saturated rings. The van der Waals surface area contributed by atoms with Gasteiger partial charge in [0.15, 0.2) is 0 Å². The van der Waals surface area contributed by atoms with Crippen LogP contribution < -0.4 is 4.90 Å². The summed E-state index contributed by atoms with van der Waals surface area (Å²) in [5, 5.41) is 8.81. The number of alkyl halides is 3. The van der Waals surface area contributed by atoms with Crippen LogP contribution in [-0.4, -0.2) is 6.04 Å². The van der Waals surface area contributed by atoms with E-state index in [1.165, 1.54) is 16.5 Å². The lowest BCUT2D eigenvalue weighted by molar-refractivity contribution is -0.137. The zero-order chi connectivity index (χ0) is 17.2. The maximum absolute atomic E-state index is 12.8. The maximum Gasteiger partial charge on any atom is 0.416 e. The van der Waals surface area contributed by atoms with Gasteiger partial charge in [-0.2, -0.15) is 18.4 Å². The van der Waals surface area contributed by atoms with E-state index in [9.17, 15) is 18.4 Å². The van der Waals surface area contributed by atoms with Gasteiger partial charge in [0.25, 0.3) is 0 Å². The smallest absolute Gasteiger partial charge is 0.334 e. The first kappa shape index (κ1) is 17.7. The molecule has 0 N–H and O–H groups in total. The minimum atomic E-state index is -4.56. The molecule has 1 atom stereocenters. The van der Waals surface area contributed by atoms with Crippen molar-refractivity contribution < 1.29 is 13.2 Å². The molecule has 0 saturated carbocycles. The van der Waals surface area contributed by atoms with Crippen molar-refractivity contribution in [2.75, 3.05) is 4.90 Å². The Kier molecular flexibility index (Phi) is 5.30. The molecule has 0 radical (unpaired) electrons. The van der Waals surface area contributed by atoms with Crippen LogP contribution >= 0.6 is 34.8 Å². The number of allylic oxidation sites excluding steroid dienone is 2. The van der Waals surface area contributed by atoms with Crippen molar-refractivity contribution >= 4 is 40.5 Å². The van der Waals surface area contributed by atoms with E-state index in [2.05, 4.69) is 0 Å². The Labute approximate surface area is 145 Å². The highest BCUT2D eigenvalue weighted by molar-refractivity contribution is 6.39. The van der Waals surface area contributed by atoms with Crippen LogP contribution in [0.5, 0.6) is 0 Å². The number of nitrogens with zero attached hydrogens (tertiary/aromatic N) is 2. The molecule has 1 aliphatic heterocycles. The Hall–Kier alpha value is -1.61. The molecule has 8 heteroatoms. The average molecular weight is 380 g/mol. The van der Waals surface area contributed by atoms with Crippen LogP contribution in [0, 0.1) is 11.3 Å². The normalized spacial score (nSPS) is 18.2. The van der Waals surface area contributed by atoms with Gasteiger partial charge in [0, 0.05) is 11.7 Å². The lowest BCUT2D eigenvalue weighted by atomic mass is 10.0. The second-order valence-corrected chi connectivity index (χ2v) is 5.60. The second-order valence-electron chi connectivity index (χ2n) is 4.53. The third-order valence-corrected chi connectivity index (χ3v) is 3.85. The number of benzene rings is 1. The fraction of sp³-hybridized carbons (Fsp3) is 0.133. The van der Waals surface area contributed by atoms with Crippen molar-refractivity contribution in [1.82, 2.24) is 0 Å². The van der Waals surface area contributed by atoms with Gasteiger partial charge >= 0.3 is 6.18 Å². The van der Waals surface area contributed by atoms with Crippen molar-refractivity contribution in [2.24, 2.45) is 0 Å². The Balaban J connectivity index is 2.56. The molecule has 1 aromatic carbocycles. The van der Waals surface area contributed by atoms with Crippen molar-refractivity contribution in [3.63, 3.8) is 0 Å². The van der Waals surface area contributed by atoms with Crippen LogP contribution in [0.2, 0.25) is 10.0 Å². The van der Waals surface area contributed by atoms with Crippen LogP contribution in [-0.2, 0) is 6.18 Å². The molecule has 0 spiro atoms. The fourth-order valence-electron chi connectivity index (χ4n) is 2.14. The standard InChI is InChI=1S/C15H8Cl3F3N2/c16-4-3-13-9(8-22)2-1-5-23(13)14-11(17)6-10(7-12(14)18)15(19,20)21/h1-7,13H. The molecule has 0 aromatic heterocycles. The van der Waals surface area contributed by atoms with E-state index >= 15 is 0 Å². The second kappa shape index (κ2) is 6.88. The Morgan fingerprint density at radius 3 is 2.30 bits per heavy atom. The SMILES string of the molecule is N#CC1=CC=CN(c2c(Cl)cc(C(F)(F)F)cc2Cl)C1C=CCl. The van der Waals surface area contributed by atoms with Gasteiger partial charge < -0.3 is 4.90 Å². The van der Waals surface area contributed by atoms with Gasteiger partial charge in [0.2, 0.25) is 0 Å². The highest BCUT2D eigenvalue weighted by Crippen LogP contribution is 2.42. The molecule has 0 aliphatic carbocycles. The summed E-state index contributed by atoms with van der Waals surface area (Å²) in [6.45, 7) is 0. The van der Waals surface area contributed by atoms with Crippen LogP contribution in [0.4, 0.5) is 18.9 Å². The lowest BCUT2D eigenvalue weighted by Gasteiger charge is -2.32. The molecule has 0 saturated heterocycles. The van der Waals surface area contributed by atoms with Gasteiger partial charge in [-0.15, -0.1) is 0 Å². The first-order valence-corrected chi connectivity index (χ1v) is 7.38. The fourth-order valence-corrected chi connectivity index (χ4v) is 2.96. The molecule has 2 rings (SSSR count). The number of hydrogen-bond donors (Lipinski definition) is 0. The van der Waals surface area contributed by atoms with Crippen LogP contribution in [0.15, 0.2) is 47.7 Å². The summed E-state index contributed by atoms with van der Waals surface area (Å²) in [6, 6.07) is 2.98. The van der Waals surface area contributed by atoms with E-state index in [0.29, 0.717) is 5.57 Å². The average Bonchev–Trinajstić information content (AvgIpc) is 2.47. The van der Waals surface area contributed by atoms with Crippen LogP contribution in [0.1, 0.15) is 5.56 Å². The molecule has 23 heavy (non-hydrogen) atoms. The first-order valence-electron chi connectivity index (χ1n) is 6.19. The van der Waals surface area contributed by atoms with Crippen molar-refractivity contribution in [2.45, 2.75) is 12.2 Å². The number of hydrogen-bond acceptors (Lipinski definition) is 2. The molecule has 120 valence electrons. The summed E-state index contributed by atoms with van der Waals surface area (Å²) in [5.41, 5.74) is 0.779. The molecule has 0 amide bonds. The predicted molar refractivity (Wildman–Crippen MR) is 85.6 cm³/mol. The summed E-state index contributed by atoms with van der Waals surface area (Å²) < 4.78 is 38.4. The van der Waals surface area contributed by atoms with Gasteiger partial charge in [-0.25, -0.2) is 0 Å². The zero-order valence-corrected chi connectivity index (χ0v) is 13.5. The monoisotopic (exact) mass is 378 g/mol. The predicted octanol–water partition coefficient (Wildman–Crippen LogP) is 5.92. The van der Waals surface area contributed by atoms with E-state index in [-0.39, 0.29) is 15.7 Å². The van der Waals surface area contributed by atoms with Crippen LogP contribution in [0.3, 0.4) is 0 Å². The quantitative estimate of drug-likeness (QED) is 0.638. The summed E-state index contributed by atoms with van der Waals surface area (Å²) >= 11 is 17.6. The van der Waals surface area contributed by atoms with E-state index in [1.54, 1.807) is 18.4 Å². The number of nitriles is 1. The number of halogens is 6. The largest absolute Gasteiger partial charge is 0.416 e. The molecule has 1 aliphatic rings. The first-order chi connectivity index (χ1) is 10.8. The summed E-state index contributed by atoms with van der Waals surface area (Å²) in [5.74, 6) is 0. The van der Waals surface area contributed by atoms with E-state index in [4.69, 9.17) is 34.8 Å². The number of anilines is 1. The molecule has 1 unspecified atom stereocenters. The molecule has 0 bridgehead atoms. The summed E-state index contributed by atoms with van der Waals surface area (Å²) in [6.07, 6.45) is 1.65. The molecule has 2 nitrogen and oxygen atoms in total. The third-order valence-electron chi connectivity index (χ3n) is 3.13. The van der Waals surface area contributed by atoms with E-state index in [0.717, 1.165) is 12.1 Å². The minimum Gasteiger partial charge on any atom is -0.334 e. The van der Waals surface area contributed by atoms with Crippen molar-refractivity contribution in [1.29, 1.82) is 5.26 Å². The molecule has 1 heterocycles. The lowest BCUT2D eigenvalue weighted by Crippen LogP contribution is -2.32. The Morgan fingerprint density at radius 2 is 1.83 bits per heavy atom. The highest BCUT2D eigenvalue weighted by Gasteiger charge is 2.33. The van der Waals surface area contributed by atoms with Gasteiger partial charge in [-0.3, -0.25) is 0 Å². The third kappa shape index (κ3) is 3.66. The molecule has 1 aromatic rings. The van der Waals surface area contributed by atoms with Gasteiger partial charge in [-0.1, -0.05) is 34.8 Å². The zero-order valence-electron chi connectivity index (χ0n) is 11.3. The van der Waals surface area contributed by atoms with Crippen molar-refractivity contribution in [3.8, 4) is 6.07 Å². The highest BCUT2D eigenvalue weighted by atomic mass is 35.5. The van der Waals surface area contributed by atoms with Crippen molar-refractivity contribution in [3.05, 3.63) is 63.3 Å². The maximum atomic E-state index is 12.8. The Morgan fingerprint density at radius 1 is 1.22 bits per heavy atom. The van der Waals surface area contributed by atoms with Gasteiger partial charge in [0.1, 0.15) is 0 Å². The molecular formula is C15H8Cl3F3N2. The van der Waals surface area contributed by atoms with Crippen LogP contribution in [0.25, 0.3) is 0 Å². The summed E-state index contributed by atoms with van der Waals surface area (Å²) in [4.78, 5) is 1.49. The molecular weight excluding hydrogens is 372 g/mol.